The maximum absolute atomic E-state index is 11.3. The molecule has 1 aliphatic rings. The summed E-state index contributed by atoms with van der Waals surface area (Å²) < 4.78 is 16.6. The Labute approximate surface area is 153 Å². The second-order valence-electron chi connectivity index (χ2n) is 6.97. The lowest BCUT2D eigenvalue weighted by Crippen LogP contribution is -2.38. The van der Waals surface area contributed by atoms with Crippen molar-refractivity contribution in [1.82, 2.24) is 0 Å². The summed E-state index contributed by atoms with van der Waals surface area (Å²) in [7, 11) is 0. The van der Waals surface area contributed by atoms with E-state index in [9.17, 15) is 9.90 Å². The van der Waals surface area contributed by atoms with Crippen LogP contribution in [0.2, 0.25) is 0 Å². The molecule has 0 aromatic heterocycles. The van der Waals surface area contributed by atoms with E-state index in [1.165, 1.54) is 32.1 Å². The highest BCUT2D eigenvalue weighted by Crippen LogP contribution is 2.21. The Morgan fingerprint density at radius 2 is 1.60 bits per heavy atom. The number of rotatable bonds is 14. The van der Waals surface area contributed by atoms with E-state index in [2.05, 4.69) is 6.92 Å². The first-order valence-corrected chi connectivity index (χ1v) is 10.2. The van der Waals surface area contributed by atoms with Gasteiger partial charge >= 0.3 is 5.97 Å². The predicted octanol–water partition coefficient (Wildman–Crippen LogP) is 4.01. The molecular formula is C20H38O5. The van der Waals surface area contributed by atoms with Gasteiger partial charge in [0.05, 0.1) is 44.6 Å². The van der Waals surface area contributed by atoms with E-state index in [-0.39, 0.29) is 24.6 Å². The number of aliphatic hydroxyl groups is 1. The molecule has 1 fully saturated rings. The first-order chi connectivity index (χ1) is 12.2. The molecule has 0 aliphatic carbocycles. The average Bonchev–Trinajstić information content (AvgIpc) is 2.60. The molecule has 1 N–H and O–H groups in total. The molecule has 0 amide bonds. The van der Waals surface area contributed by atoms with Crippen molar-refractivity contribution in [3.8, 4) is 0 Å². The van der Waals surface area contributed by atoms with Gasteiger partial charge in [0.25, 0.3) is 0 Å². The van der Waals surface area contributed by atoms with Gasteiger partial charge in [0.15, 0.2) is 0 Å². The highest BCUT2D eigenvalue weighted by Gasteiger charge is 2.25. The van der Waals surface area contributed by atoms with Crippen LogP contribution in [0.3, 0.4) is 0 Å². The maximum Gasteiger partial charge on any atom is 0.308 e. The molecule has 1 saturated heterocycles. The molecule has 0 aromatic carbocycles. The maximum atomic E-state index is 11.3. The molecule has 1 heterocycles. The molecule has 0 radical (unpaired) electrons. The first kappa shape index (κ1) is 22.4. The van der Waals surface area contributed by atoms with Crippen molar-refractivity contribution >= 4 is 5.97 Å². The highest BCUT2D eigenvalue weighted by atomic mass is 16.6. The van der Waals surface area contributed by atoms with Crippen LogP contribution in [0.4, 0.5) is 0 Å². The van der Waals surface area contributed by atoms with Crippen molar-refractivity contribution in [3.63, 3.8) is 0 Å². The quantitative estimate of drug-likeness (QED) is 0.375. The van der Waals surface area contributed by atoms with Crippen LogP contribution in [0, 0.1) is 0 Å². The van der Waals surface area contributed by atoms with Crippen molar-refractivity contribution in [2.45, 2.75) is 103 Å². The van der Waals surface area contributed by atoms with Crippen LogP contribution in [-0.4, -0.2) is 49.2 Å². The van der Waals surface area contributed by atoms with E-state index in [0.29, 0.717) is 13.0 Å². The molecule has 5 nitrogen and oxygen atoms in total. The van der Waals surface area contributed by atoms with Gasteiger partial charge < -0.3 is 19.3 Å². The lowest BCUT2D eigenvalue weighted by molar-refractivity contribution is -0.145. The molecule has 1 aliphatic heterocycles. The zero-order valence-corrected chi connectivity index (χ0v) is 16.2. The van der Waals surface area contributed by atoms with E-state index >= 15 is 0 Å². The summed E-state index contributed by atoms with van der Waals surface area (Å²) in [6.07, 6.45) is 11.0. The van der Waals surface area contributed by atoms with Gasteiger partial charge in [-0.15, -0.1) is 0 Å². The molecule has 3 atom stereocenters. The summed E-state index contributed by atoms with van der Waals surface area (Å²) in [5.41, 5.74) is 0. The van der Waals surface area contributed by atoms with Gasteiger partial charge in [0.2, 0.25) is 0 Å². The number of hydrogen-bond donors (Lipinski definition) is 1. The van der Waals surface area contributed by atoms with Crippen LogP contribution in [-0.2, 0) is 19.0 Å². The minimum absolute atomic E-state index is 0.117. The van der Waals surface area contributed by atoms with Crippen LogP contribution < -0.4 is 0 Å². The third-order valence-corrected chi connectivity index (χ3v) is 4.74. The van der Waals surface area contributed by atoms with Crippen LogP contribution in [0.25, 0.3) is 0 Å². The van der Waals surface area contributed by atoms with Crippen LogP contribution >= 0.6 is 0 Å². The molecule has 0 saturated carbocycles. The van der Waals surface area contributed by atoms with E-state index in [4.69, 9.17) is 14.2 Å². The number of unbranched alkanes of at least 4 members (excludes halogenated alkanes) is 5. The van der Waals surface area contributed by atoms with Gasteiger partial charge in [-0.1, -0.05) is 51.9 Å². The Hall–Kier alpha value is -0.650. The Bertz CT molecular complexity index is 334. The van der Waals surface area contributed by atoms with Gasteiger partial charge in [0, 0.05) is 0 Å². The van der Waals surface area contributed by atoms with Crippen molar-refractivity contribution < 1.29 is 24.1 Å². The fraction of sp³-hybridized carbons (Fsp3) is 0.950. The SMILES string of the molecule is CCCCC1OCCOC1CCCCCCCC(O)CC(=O)OCC. The molecule has 0 bridgehead atoms. The fourth-order valence-electron chi connectivity index (χ4n) is 3.33. The van der Waals surface area contributed by atoms with Gasteiger partial charge in [-0.2, -0.15) is 0 Å². The summed E-state index contributed by atoms with van der Waals surface area (Å²) in [6.45, 7) is 5.83. The first-order valence-electron chi connectivity index (χ1n) is 10.2. The monoisotopic (exact) mass is 358 g/mol. The van der Waals surface area contributed by atoms with E-state index < -0.39 is 6.10 Å². The number of carbonyl (C=O) groups is 1. The minimum Gasteiger partial charge on any atom is -0.466 e. The van der Waals surface area contributed by atoms with Crippen LogP contribution in [0.1, 0.15) is 84.5 Å². The zero-order chi connectivity index (χ0) is 18.3. The van der Waals surface area contributed by atoms with Crippen molar-refractivity contribution in [3.05, 3.63) is 0 Å². The molecule has 5 heteroatoms. The van der Waals surface area contributed by atoms with Crippen molar-refractivity contribution in [1.29, 1.82) is 0 Å². The van der Waals surface area contributed by atoms with E-state index in [1.807, 2.05) is 0 Å². The highest BCUT2D eigenvalue weighted by molar-refractivity contribution is 5.69. The Kier molecular flexibility index (Phi) is 13.0. The molecule has 0 spiro atoms. The molecule has 25 heavy (non-hydrogen) atoms. The lowest BCUT2D eigenvalue weighted by Gasteiger charge is -2.32. The second-order valence-corrected chi connectivity index (χ2v) is 6.97. The third kappa shape index (κ3) is 10.8. The Morgan fingerprint density at radius 3 is 2.24 bits per heavy atom. The Morgan fingerprint density at radius 1 is 1.00 bits per heavy atom. The van der Waals surface area contributed by atoms with E-state index in [1.54, 1.807) is 6.92 Å². The van der Waals surface area contributed by atoms with Crippen LogP contribution in [0.5, 0.6) is 0 Å². The van der Waals surface area contributed by atoms with Gasteiger partial charge in [-0.05, 0) is 26.2 Å². The van der Waals surface area contributed by atoms with Crippen LogP contribution in [0.15, 0.2) is 0 Å². The number of hydrogen-bond acceptors (Lipinski definition) is 5. The summed E-state index contributed by atoms with van der Waals surface area (Å²) in [5, 5.41) is 9.79. The summed E-state index contributed by atoms with van der Waals surface area (Å²) in [4.78, 5) is 11.3. The zero-order valence-electron chi connectivity index (χ0n) is 16.2. The molecule has 1 rings (SSSR count). The largest absolute Gasteiger partial charge is 0.466 e. The number of esters is 1. The van der Waals surface area contributed by atoms with Gasteiger partial charge in [-0.3, -0.25) is 4.79 Å². The summed E-state index contributed by atoms with van der Waals surface area (Å²) in [5.74, 6) is -0.303. The van der Waals surface area contributed by atoms with Crippen molar-refractivity contribution in [2.24, 2.45) is 0 Å². The van der Waals surface area contributed by atoms with Crippen molar-refractivity contribution in [2.75, 3.05) is 19.8 Å². The second kappa shape index (κ2) is 14.5. The fourth-order valence-corrected chi connectivity index (χ4v) is 3.33. The molecule has 0 aromatic rings. The normalized spacial score (nSPS) is 21.9. The average molecular weight is 359 g/mol. The summed E-state index contributed by atoms with van der Waals surface area (Å²) in [6, 6.07) is 0. The van der Waals surface area contributed by atoms with E-state index in [0.717, 1.165) is 38.9 Å². The number of carbonyl (C=O) groups excluding carboxylic acids is 1. The van der Waals surface area contributed by atoms with Gasteiger partial charge in [0.1, 0.15) is 0 Å². The smallest absolute Gasteiger partial charge is 0.308 e. The standard InChI is InChI=1S/C20H38O5/c1-3-5-12-18-19(25-15-14-24-18)13-10-8-6-7-9-11-17(21)16-20(22)23-4-2/h17-19,21H,3-16H2,1-2H3. The molecular weight excluding hydrogens is 320 g/mol. The number of aliphatic hydroxyl groups excluding tert-OH is 1. The Balaban J connectivity index is 2.01. The van der Waals surface area contributed by atoms with Gasteiger partial charge in [-0.25, -0.2) is 0 Å². The predicted molar refractivity (Wildman–Crippen MR) is 98.6 cm³/mol. The summed E-state index contributed by atoms with van der Waals surface area (Å²) >= 11 is 0. The topological polar surface area (TPSA) is 65.0 Å². The lowest BCUT2D eigenvalue weighted by atomic mass is 9.99. The molecule has 3 unspecified atom stereocenters. The minimum atomic E-state index is -0.564. The third-order valence-electron chi connectivity index (χ3n) is 4.74. The molecule has 148 valence electrons. The number of ether oxygens (including phenoxy) is 3.